The van der Waals surface area contributed by atoms with E-state index in [9.17, 15) is 9.90 Å². The van der Waals surface area contributed by atoms with Crippen LogP contribution >= 0.6 is 0 Å². The molecule has 2 rings (SSSR count). The minimum absolute atomic E-state index is 0.0165. The average Bonchev–Trinajstić information content (AvgIpc) is 2.73. The Kier molecular flexibility index (Phi) is 4.28. The van der Waals surface area contributed by atoms with E-state index in [-0.39, 0.29) is 36.4 Å². The second-order valence-electron chi connectivity index (χ2n) is 6.11. The normalized spacial score (nSPS) is 41.1. The van der Waals surface area contributed by atoms with Gasteiger partial charge in [0, 0.05) is 18.5 Å². The lowest BCUT2D eigenvalue weighted by Gasteiger charge is -2.37. The van der Waals surface area contributed by atoms with Crippen molar-refractivity contribution in [1.29, 1.82) is 0 Å². The number of hydrogen-bond donors (Lipinski definition) is 2. The molecule has 104 valence electrons. The predicted molar refractivity (Wildman–Crippen MR) is 70.8 cm³/mol. The van der Waals surface area contributed by atoms with E-state index in [1.807, 2.05) is 4.90 Å². The standard InChI is InChI=1S/C14H26N2O2/c1-9-6-7-16(13(9)8-17)14(18)11-4-3-5-12(15)10(11)2/h9-13,17H,3-8,15H2,1-2H3. The van der Waals surface area contributed by atoms with E-state index in [1.165, 1.54) is 0 Å². The van der Waals surface area contributed by atoms with Gasteiger partial charge >= 0.3 is 0 Å². The van der Waals surface area contributed by atoms with Crippen LogP contribution in [0.5, 0.6) is 0 Å². The topological polar surface area (TPSA) is 66.6 Å². The Morgan fingerprint density at radius 3 is 2.72 bits per heavy atom. The van der Waals surface area contributed by atoms with Gasteiger partial charge in [0.2, 0.25) is 5.91 Å². The Labute approximate surface area is 110 Å². The van der Waals surface area contributed by atoms with Crippen LogP contribution in [0.2, 0.25) is 0 Å². The van der Waals surface area contributed by atoms with Gasteiger partial charge in [-0.2, -0.15) is 0 Å². The van der Waals surface area contributed by atoms with E-state index in [4.69, 9.17) is 5.73 Å². The third kappa shape index (κ3) is 2.41. The molecule has 0 aromatic rings. The molecule has 4 heteroatoms. The molecule has 1 aliphatic heterocycles. The predicted octanol–water partition coefficient (Wildman–Crippen LogP) is 0.979. The zero-order chi connectivity index (χ0) is 13.3. The largest absolute Gasteiger partial charge is 0.394 e. The molecule has 18 heavy (non-hydrogen) atoms. The van der Waals surface area contributed by atoms with Gasteiger partial charge in [0.15, 0.2) is 0 Å². The molecule has 2 aliphatic rings. The molecule has 0 aromatic carbocycles. The highest BCUT2D eigenvalue weighted by Gasteiger charge is 2.40. The number of carbonyl (C=O) groups excluding carboxylic acids is 1. The highest BCUT2D eigenvalue weighted by molar-refractivity contribution is 5.80. The Bertz CT molecular complexity index is 302. The zero-order valence-electron chi connectivity index (χ0n) is 11.5. The molecule has 0 radical (unpaired) electrons. The van der Waals surface area contributed by atoms with Crippen molar-refractivity contribution in [3.05, 3.63) is 0 Å². The van der Waals surface area contributed by atoms with E-state index in [1.54, 1.807) is 0 Å². The molecule has 0 aromatic heterocycles. The van der Waals surface area contributed by atoms with Crippen molar-refractivity contribution < 1.29 is 9.90 Å². The maximum atomic E-state index is 12.6. The first-order valence-electron chi connectivity index (χ1n) is 7.23. The fourth-order valence-electron chi connectivity index (χ4n) is 3.52. The smallest absolute Gasteiger partial charge is 0.226 e. The minimum Gasteiger partial charge on any atom is -0.394 e. The summed E-state index contributed by atoms with van der Waals surface area (Å²) in [7, 11) is 0. The number of likely N-dealkylation sites (tertiary alicyclic amines) is 1. The molecule has 3 N–H and O–H groups in total. The summed E-state index contributed by atoms with van der Waals surface area (Å²) >= 11 is 0. The van der Waals surface area contributed by atoms with Crippen molar-refractivity contribution in [2.75, 3.05) is 13.2 Å². The van der Waals surface area contributed by atoms with Crippen LogP contribution in [0.15, 0.2) is 0 Å². The van der Waals surface area contributed by atoms with Crippen LogP contribution in [0.1, 0.15) is 39.5 Å². The van der Waals surface area contributed by atoms with Crippen LogP contribution in [-0.4, -0.2) is 41.1 Å². The summed E-state index contributed by atoms with van der Waals surface area (Å²) in [6, 6.07) is 0.170. The third-order valence-electron chi connectivity index (χ3n) is 5.03. The van der Waals surface area contributed by atoms with Crippen LogP contribution in [0.25, 0.3) is 0 Å². The van der Waals surface area contributed by atoms with Gasteiger partial charge in [0.05, 0.1) is 12.6 Å². The zero-order valence-corrected chi connectivity index (χ0v) is 11.5. The summed E-state index contributed by atoms with van der Waals surface area (Å²) in [5, 5.41) is 9.45. The summed E-state index contributed by atoms with van der Waals surface area (Å²) in [6.07, 6.45) is 4.04. The summed E-state index contributed by atoms with van der Waals surface area (Å²) < 4.78 is 0. The highest BCUT2D eigenvalue weighted by atomic mass is 16.3. The Morgan fingerprint density at radius 2 is 2.06 bits per heavy atom. The van der Waals surface area contributed by atoms with Crippen LogP contribution in [-0.2, 0) is 4.79 Å². The van der Waals surface area contributed by atoms with Crippen LogP contribution in [0.3, 0.4) is 0 Å². The second-order valence-corrected chi connectivity index (χ2v) is 6.11. The van der Waals surface area contributed by atoms with Crippen LogP contribution in [0, 0.1) is 17.8 Å². The SMILES string of the molecule is CC1CCN(C(=O)C2CCCC(N)C2C)C1CO. The molecule has 5 atom stereocenters. The van der Waals surface area contributed by atoms with Crippen molar-refractivity contribution in [1.82, 2.24) is 4.90 Å². The van der Waals surface area contributed by atoms with Crippen molar-refractivity contribution in [2.45, 2.75) is 51.6 Å². The molecule has 5 unspecified atom stereocenters. The van der Waals surface area contributed by atoms with E-state index in [0.717, 1.165) is 32.2 Å². The number of rotatable bonds is 2. The molecule has 1 saturated heterocycles. The van der Waals surface area contributed by atoms with Gasteiger partial charge in [0.25, 0.3) is 0 Å². The molecular weight excluding hydrogens is 228 g/mol. The summed E-state index contributed by atoms with van der Waals surface area (Å²) in [4.78, 5) is 14.5. The molecule has 1 heterocycles. The molecule has 0 bridgehead atoms. The molecule has 1 aliphatic carbocycles. The van der Waals surface area contributed by atoms with Crippen molar-refractivity contribution in [3.63, 3.8) is 0 Å². The fraction of sp³-hybridized carbons (Fsp3) is 0.929. The molecule has 1 amide bonds. The van der Waals surface area contributed by atoms with Gasteiger partial charge in [-0.3, -0.25) is 4.79 Å². The lowest BCUT2D eigenvalue weighted by atomic mass is 9.76. The Morgan fingerprint density at radius 1 is 1.33 bits per heavy atom. The van der Waals surface area contributed by atoms with Crippen LogP contribution < -0.4 is 5.73 Å². The van der Waals surface area contributed by atoms with Gasteiger partial charge in [0.1, 0.15) is 0 Å². The number of aliphatic hydroxyl groups is 1. The summed E-state index contributed by atoms with van der Waals surface area (Å²) in [5.74, 6) is 0.960. The highest BCUT2D eigenvalue weighted by Crippen LogP contribution is 2.33. The minimum atomic E-state index is 0.0165. The number of nitrogens with zero attached hydrogens (tertiary/aromatic N) is 1. The number of carbonyl (C=O) groups is 1. The number of hydrogen-bond acceptors (Lipinski definition) is 3. The monoisotopic (exact) mass is 254 g/mol. The first-order chi connectivity index (χ1) is 8.56. The first-order valence-corrected chi connectivity index (χ1v) is 7.23. The van der Waals surface area contributed by atoms with Crippen LogP contribution in [0.4, 0.5) is 0 Å². The molecule has 1 saturated carbocycles. The van der Waals surface area contributed by atoms with Gasteiger partial charge in [-0.1, -0.05) is 20.3 Å². The third-order valence-corrected chi connectivity index (χ3v) is 5.03. The average molecular weight is 254 g/mol. The maximum Gasteiger partial charge on any atom is 0.226 e. The van der Waals surface area contributed by atoms with E-state index in [0.29, 0.717) is 5.92 Å². The molecule has 4 nitrogen and oxygen atoms in total. The Balaban J connectivity index is 2.06. The molecule has 0 spiro atoms. The van der Waals surface area contributed by atoms with Crippen molar-refractivity contribution in [3.8, 4) is 0 Å². The van der Waals surface area contributed by atoms with Gasteiger partial charge in [-0.25, -0.2) is 0 Å². The summed E-state index contributed by atoms with van der Waals surface area (Å²) in [6.45, 7) is 5.09. The van der Waals surface area contributed by atoms with E-state index < -0.39 is 0 Å². The van der Waals surface area contributed by atoms with Crippen molar-refractivity contribution in [2.24, 2.45) is 23.5 Å². The maximum absolute atomic E-state index is 12.6. The Hall–Kier alpha value is -0.610. The lowest BCUT2D eigenvalue weighted by Crippen LogP contribution is -2.48. The van der Waals surface area contributed by atoms with E-state index >= 15 is 0 Å². The number of aliphatic hydroxyl groups excluding tert-OH is 1. The van der Waals surface area contributed by atoms with Gasteiger partial charge < -0.3 is 15.7 Å². The second kappa shape index (κ2) is 5.57. The lowest BCUT2D eigenvalue weighted by molar-refractivity contribution is -0.140. The fourth-order valence-corrected chi connectivity index (χ4v) is 3.52. The molecular formula is C14H26N2O2. The van der Waals surface area contributed by atoms with E-state index in [2.05, 4.69) is 13.8 Å². The van der Waals surface area contributed by atoms with Gasteiger partial charge in [-0.05, 0) is 31.1 Å². The summed E-state index contributed by atoms with van der Waals surface area (Å²) in [5.41, 5.74) is 6.08. The van der Waals surface area contributed by atoms with Crippen molar-refractivity contribution >= 4 is 5.91 Å². The van der Waals surface area contributed by atoms with Gasteiger partial charge in [-0.15, -0.1) is 0 Å². The first kappa shape index (κ1) is 13.8. The number of nitrogens with two attached hydrogens (primary N) is 1. The quantitative estimate of drug-likeness (QED) is 0.772. The molecule has 2 fully saturated rings. The number of amides is 1.